The van der Waals surface area contributed by atoms with E-state index in [9.17, 15) is 9.59 Å². The van der Waals surface area contributed by atoms with E-state index in [4.69, 9.17) is 14.2 Å². The van der Waals surface area contributed by atoms with E-state index in [1.807, 2.05) is 43.7 Å². The van der Waals surface area contributed by atoms with E-state index in [-0.39, 0.29) is 11.7 Å². The highest BCUT2D eigenvalue weighted by molar-refractivity contribution is 7.14. The SMILES string of the molecule is CCOc1cc(C(=O)NCc2ccc(C(=O)c3ccsc3)s2)cc(OCC)c1OCC. The fraction of sp³-hybridized carbons (Fsp3) is 0.304. The van der Waals surface area contributed by atoms with Gasteiger partial charge in [0.05, 0.1) is 31.2 Å². The molecule has 0 spiro atoms. The predicted octanol–water partition coefficient (Wildman–Crippen LogP) is 5.17. The second-order valence-corrected chi connectivity index (χ2v) is 8.34. The summed E-state index contributed by atoms with van der Waals surface area (Å²) in [6.45, 7) is 7.27. The predicted molar refractivity (Wildman–Crippen MR) is 123 cm³/mol. The van der Waals surface area contributed by atoms with E-state index in [1.54, 1.807) is 18.2 Å². The number of rotatable bonds is 11. The Bertz CT molecular complexity index is 1000. The number of carbonyl (C=O) groups excluding carboxylic acids is 2. The number of thiophene rings is 2. The van der Waals surface area contributed by atoms with Gasteiger partial charge in [-0.2, -0.15) is 11.3 Å². The molecule has 0 atom stereocenters. The van der Waals surface area contributed by atoms with Crippen molar-refractivity contribution in [3.63, 3.8) is 0 Å². The zero-order chi connectivity index (χ0) is 22.2. The van der Waals surface area contributed by atoms with Crippen LogP contribution < -0.4 is 19.5 Å². The number of nitrogens with one attached hydrogen (secondary N) is 1. The lowest BCUT2D eigenvalue weighted by molar-refractivity contribution is 0.0949. The largest absolute Gasteiger partial charge is 0.490 e. The Labute approximate surface area is 189 Å². The van der Waals surface area contributed by atoms with Crippen molar-refractivity contribution in [1.82, 2.24) is 5.32 Å². The molecule has 1 N–H and O–H groups in total. The van der Waals surface area contributed by atoms with Gasteiger partial charge in [0.1, 0.15) is 0 Å². The topological polar surface area (TPSA) is 73.9 Å². The Morgan fingerprint density at radius 1 is 0.903 bits per heavy atom. The Morgan fingerprint density at radius 3 is 2.16 bits per heavy atom. The van der Waals surface area contributed by atoms with Crippen molar-refractivity contribution >= 4 is 34.4 Å². The number of ether oxygens (including phenoxy) is 3. The van der Waals surface area contributed by atoms with Crippen molar-refractivity contribution in [2.75, 3.05) is 19.8 Å². The smallest absolute Gasteiger partial charge is 0.251 e. The molecular formula is C23H25NO5S2. The molecule has 2 heterocycles. The minimum atomic E-state index is -0.260. The van der Waals surface area contributed by atoms with Crippen LogP contribution in [0.5, 0.6) is 17.2 Å². The molecule has 0 radical (unpaired) electrons. The fourth-order valence-electron chi connectivity index (χ4n) is 2.92. The molecule has 0 aliphatic carbocycles. The van der Waals surface area contributed by atoms with Crippen LogP contribution in [0.25, 0.3) is 0 Å². The average Bonchev–Trinajstić information content (AvgIpc) is 3.46. The zero-order valence-corrected chi connectivity index (χ0v) is 19.4. The third kappa shape index (κ3) is 5.65. The summed E-state index contributed by atoms with van der Waals surface area (Å²) in [7, 11) is 0. The molecule has 0 aliphatic rings. The standard InChI is InChI=1S/C23H25NO5S2/c1-4-27-18-11-16(12-19(28-5-2)22(18)29-6-3)23(26)24-13-17-7-8-20(31-17)21(25)15-9-10-30-14-15/h7-12,14H,4-6,13H2,1-3H3,(H,24,26). The van der Waals surface area contributed by atoms with Crippen molar-refractivity contribution < 1.29 is 23.8 Å². The van der Waals surface area contributed by atoms with Crippen molar-refractivity contribution in [2.24, 2.45) is 0 Å². The molecule has 0 aliphatic heterocycles. The molecule has 0 fully saturated rings. The molecule has 0 unspecified atom stereocenters. The summed E-state index contributed by atoms with van der Waals surface area (Å²) in [6, 6.07) is 8.79. The van der Waals surface area contributed by atoms with Crippen LogP contribution in [0.3, 0.4) is 0 Å². The minimum absolute atomic E-state index is 0.00180. The zero-order valence-electron chi connectivity index (χ0n) is 17.7. The Morgan fingerprint density at radius 2 is 1.58 bits per heavy atom. The van der Waals surface area contributed by atoms with Crippen molar-refractivity contribution in [3.05, 3.63) is 62.0 Å². The quantitative estimate of drug-likeness (QED) is 0.401. The first kappa shape index (κ1) is 22.8. The number of ketones is 1. The summed E-state index contributed by atoms with van der Waals surface area (Å²) in [5.74, 6) is 1.18. The number of hydrogen-bond donors (Lipinski definition) is 1. The second-order valence-electron chi connectivity index (χ2n) is 6.39. The fourth-order valence-corrected chi connectivity index (χ4v) is 4.47. The number of amides is 1. The highest BCUT2D eigenvalue weighted by Gasteiger charge is 2.19. The average molecular weight is 460 g/mol. The lowest BCUT2D eigenvalue weighted by atomic mass is 10.1. The third-order valence-corrected chi connectivity index (χ3v) is 6.03. The molecular weight excluding hydrogens is 434 g/mol. The van der Waals surface area contributed by atoms with Crippen LogP contribution in [0.2, 0.25) is 0 Å². The highest BCUT2D eigenvalue weighted by Crippen LogP contribution is 2.39. The van der Waals surface area contributed by atoms with Crippen LogP contribution in [-0.2, 0) is 6.54 Å². The maximum absolute atomic E-state index is 12.8. The molecule has 2 aromatic heterocycles. The minimum Gasteiger partial charge on any atom is -0.490 e. The van der Waals surface area contributed by atoms with Gasteiger partial charge in [-0.25, -0.2) is 0 Å². The summed E-state index contributed by atoms with van der Waals surface area (Å²) in [6.07, 6.45) is 0. The van der Waals surface area contributed by atoms with E-state index in [0.29, 0.717) is 59.6 Å². The van der Waals surface area contributed by atoms with Gasteiger partial charge in [-0.15, -0.1) is 11.3 Å². The van der Waals surface area contributed by atoms with E-state index in [0.717, 1.165) is 4.88 Å². The summed E-state index contributed by atoms with van der Waals surface area (Å²) in [4.78, 5) is 26.8. The van der Waals surface area contributed by atoms with Crippen molar-refractivity contribution in [1.29, 1.82) is 0 Å². The highest BCUT2D eigenvalue weighted by atomic mass is 32.1. The van der Waals surface area contributed by atoms with Gasteiger partial charge >= 0.3 is 0 Å². The summed E-state index contributed by atoms with van der Waals surface area (Å²) in [5, 5.41) is 6.62. The summed E-state index contributed by atoms with van der Waals surface area (Å²) < 4.78 is 17.0. The number of hydrogen-bond acceptors (Lipinski definition) is 7. The molecule has 0 bridgehead atoms. The third-order valence-electron chi connectivity index (χ3n) is 4.26. The Kier molecular flexibility index (Phi) is 8.08. The lowest BCUT2D eigenvalue weighted by Gasteiger charge is -2.17. The van der Waals surface area contributed by atoms with Gasteiger partial charge in [-0.3, -0.25) is 9.59 Å². The first-order chi connectivity index (χ1) is 15.1. The van der Waals surface area contributed by atoms with Crippen molar-refractivity contribution in [2.45, 2.75) is 27.3 Å². The van der Waals surface area contributed by atoms with Gasteiger partial charge in [-0.05, 0) is 56.5 Å². The Balaban J connectivity index is 1.73. The van der Waals surface area contributed by atoms with E-state index < -0.39 is 0 Å². The van der Waals surface area contributed by atoms with Gasteiger partial charge in [0.25, 0.3) is 5.91 Å². The second kappa shape index (κ2) is 11.0. The first-order valence-corrected chi connectivity index (χ1v) is 11.8. The van der Waals surface area contributed by atoms with Gasteiger partial charge in [0.2, 0.25) is 11.5 Å². The van der Waals surface area contributed by atoms with Crippen LogP contribution in [0.15, 0.2) is 41.1 Å². The maximum Gasteiger partial charge on any atom is 0.251 e. The van der Waals surface area contributed by atoms with Gasteiger partial charge in [0, 0.05) is 21.4 Å². The molecule has 164 valence electrons. The number of carbonyl (C=O) groups is 2. The molecule has 0 saturated heterocycles. The monoisotopic (exact) mass is 459 g/mol. The van der Waals surface area contributed by atoms with Crippen LogP contribution in [0.1, 0.15) is 51.2 Å². The van der Waals surface area contributed by atoms with E-state index in [1.165, 1.54) is 22.7 Å². The molecule has 6 nitrogen and oxygen atoms in total. The molecule has 1 amide bonds. The lowest BCUT2D eigenvalue weighted by Crippen LogP contribution is -2.22. The van der Waals surface area contributed by atoms with Gasteiger partial charge in [-0.1, -0.05) is 0 Å². The molecule has 31 heavy (non-hydrogen) atoms. The molecule has 3 aromatic rings. The summed E-state index contributed by atoms with van der Waals surface area (Å²) >= 11 is 2.87. The maximum atomic E-state index is 12.8. The van der Waals surface area contributed by atoms with E-state index in [2.05, 4.69) is 5.32 Å². The van der Waals surface area contributed by atoms with Crippen molar-refractivity contribution in [3.8, 4) is 17.2 Å². The first-order valence-electron chi connectivity index (χ1n) is 10.1. The summed E-state index contributed by atoms with van der Waals surface area (Å²) in [5.41, 5.74) is 1.10. The molecule has 8 heteroatoms. The normalized spacial score (nSPS) is 10.5. The Hall–Kier alpha value is -2.84. The van der Waals surface area contributed by atoms with Crippen LogP contribution in [0.4, 0.5) is 0 Å². The number of benzene rings is 1. The van der Waals surface area contributed by atoms with Crippen LogP contribution in [0, 0.1) is 0 Å². The van der Waals surface area contributed by atoms with E-state index >= 15 is 0 Å². The van der Waals surface area contributed by atoms with Gasteiger partial charge < -0.3 is 19.5 Å². The molecule has 0 saturated carbocycles. The molecule has 1 aromatic carbocycles. The van der Waals surface area contributed by atoms with Gasteiger partial charge in [0.15, 0.2) is 11.5 Å². The molecule has 3 rings (SSSR count). The van der Waals surface area contributed by atoms with Crippen LogP contribution >= 0.6 is 22.7 Å². The van der Waals surface area contributed by atoms with Crippen LogP contribution in [-0.4, -0.2) is 31.5 Å².